The van der Waals surface area contributed by atoms with Crippen LogP contribution in [0.4, 0.5) is 8.78 Å². The Morgan fingerprint density at radius 2 is 2.14 bits per heavy atom. The summed E-state index contributed by atoms with van der Waals surface area (Å²) in [7, 11) is 0. The van der Waals surface area contributed by atoms with Crippen LogP contribution in [0.25, 0.3) is 5.70 Å². The van der Waals surface area contributed by atoms with Crippen LogP contribution < -0.4 is 15.0 Å². The highest BCUT2D eigenvalue weighted by molar-refractivity contribution is 5.68. The molecule has 29 heavy (non-hydrogen) atoms. The molecule has 3 aliphatic rings. The highest BCUT2D eigenvalue weighted by Crippen LogP contribution is 2.47. The molecule has 5 rings (SSSR count). The van der Waals surface area contributed by atoms with Gasteiger partial charge in [-0.1, -0.05) is 0 Å². The van der Waals surface area contributed by atoms with Crippen LogP contribution >= 0.6 is 0 Å². The van der Waals surface area contributed by atoms with E-state index in [2.05, 4.69) is 15.7 Å². The lowest BCUT2D eigenvalue weighted by Gasteiger charge is -2.24. The maximum absolute atomic E-state index is 12.9. The maximum atomic E-state index is 12.9. The Bertz CT molecular complexity index is 920. The zero-order valence-electron chi connectivity index (χ0n) is 15.8. The fraction of sp³-hybridized carbons (Fsp3) is 0.500. The largest absolute Gasteiger partial charge is 0.486 e. The molecule has 2 heterocycles. The normalized spacial score (nSPS) is 30.5. The zero-order chi connectivity index (χ0) is 20.0. The highest BCUT2D eigenvalue weighted by Gasteiger charge is 2.41. The smallest absolute Gasteiger partial charge is 0.387 e. The van der Waals surface area contributed by atoms with E-state index in [1.165, 1.54) is 18.9 Å². The van der Waals surface area contributed by atoms with E-state index >= 15 is 0 Å². The average Bonchev–Trinajstić information content (AvgIpc) is 3.47. The summed E-state index contributed by atoms with van der Waals surface area (Å²) in [6.07, 6.45) is 7.53. The minimum Gasteiger partial charge on any atom is -0.486 e. The van der Waals surface area contributed by atoms with Crippen molar-refractivity contribution in [2.45, 2.75) is 50.9 Å². The van der Waals surface area contributed by atoms with Crippen molar-refractivity contribution in [3.05, 3.63) is 42.1 Å². The van der Waals surface area contributed by atoms with Gasteiger partial charge < -0.3 is 13.9 Å². The number of nitrogens with zero attached hydrogens (tertiary/aromatic N) is 2. The van der Waals surface area contributed by atoms with Gasteiger partial charge in [-0.25, -0.2) is 0 Å². The molecule has 4 atom stereocenters. The summed E-state index contributed by atoms with van der Waals surface area (Å²) in [4.78, 5) is 5.63. The number of halogens is 2. The van der Waals surface area contributed by atoms with E-state index in [9.17, 15) is 8.78 Å². The number of alkyl halides is 2. The Morgan fingerprint density at radius 1 is 1.24 bits per heavy atom. The maximum Gasteiger partial charge on any atom is 0.387 e. The molecule has 4 unspecified atom stereocenters. The third kappa shape index (κ3) is 3.43. The van der Waals surface area contributed by atoms with Gasteiger partial charge >= 0.3 is 6.61 Å². The van der Waals surface area contributed by atoms with Crippen LogP contribution in [0.1, 0.15) is 44.1 Å². The highest BCUT2D eigenvalue weighted by atomic mass is 19.3. The SMILES string of the molecule is CC1(c2nnco2)C=C(c2ccc(OC(F)F)c(OC3CC4CCC3C4)c2)NO1. The third-order valence-electron chi connectivity index (χ3n) is 6.00. The Morgan fingerprint density at radius 3 is 2.83 bits per heavy atom. The van der Waals surface area contributed by atoms with E-state index in [1.54, 1.807) is 25.1 Å². The van der Waals surface area contributed by atoms with E-state index in [1.807, 2.05) is 0 Å². The number of ether oxygens (including phenoxy) is 2. The Kier molecular flexibility index (Phi) is 4.42. The molecule has 1 N–H and O–H groups in total. The molecule has 2 bridgehead atoms. The fourth-order valence-electron chi connectivity index (χ4n) is 4.59. The minimum atomic E-state index is -2.92. The topological polar surface area (TPSA) is 78.6 Å². The van der Waals surface area contributed by atoms with Crippen LogP contribution in [0.5, 0.6) is 11.5 Å². The monoisotopic (exact) mass is 405 g/mol. The van der Waals surface area contributed by atoms with Gasteiger partial charge in [0.2, 0.25) is 6.39 Å². The second-order valence-electron chi connectivity index (χ2n) is 7.98. The lowest BCUT2D eigenvalue weighted by atomic mass is 9.97. The first-order chi connectivity index (χ1) is 14.0. The predicted octanol–water partition coefficient (Wildman–Crippen LogP) is 4.03. The van der Waals surface area contributed by atoms with Gasteiger partial charge in [0, 0.05) is 5.56 Å². The molecule has 0 radical (unpaired) electrons. The first kappa shape index (κ1) is 18.4. The van der Waals surface area contributed by atoms with E-state index in [0.717, 1.165) is 19.3 Å². The molecule has 0 spiro atoms. The van der Waals surface area contributed by atoms with Crippen molar-refractivity contribution in [3.8, 4) is 11.5 Å². The molecule has 2 aliphatic carbocycles. The molecule has 1 aromatic carbocycles. The van der Waals surface area contributed by atoms with Gasteiger partial charge in [0.15, 0.2) is 17.1 Å². The second-order valence-corrected chi connectivity index (χ2v) is 7.98. The van der Waals surface area contributed by atoms with Crippen molar-refractivity contribution in [1.29, 1.82) is 0 Å². The molecule has 7 nitrogen and oxygen atoms in total. The van der Waals surface area contributed by atoms with Crippen LogP contribution in [0.3, 0.4) is 0 Å². The van der Waals surface area contributed by atoms with Crippen LogP contribution in [-0.2, 0) is 10.4 Å². The summed E-state index contributed by atoms with van der Waals surface area (Å²) in [5.41, 5.74) is 3.27. The number of rotatable bonds is 6. The summed E-state index contributed by atoms with van der Waals surface area (Å²) >= 11 is 0. The van der Waals surface area contributed by atoms with E-state index < -0.39 is 12.2 Å². The van der Waals surface area contributed by atoms with Gasteiger partial charge in [0.25, 0.3) is 5.89 Å². The number of hydrogen-bond donors (Lipinski definition) is 1. The first-order valence-electron chi connectivity index (χ1n) is 9.69. The minimum absolute atomic E-state index is 0.0331. The molecule has 1 aromatic heterocycles. The van der Waals surface area contributed by atoms with Crippen molar-refractivity contribution in [2.24, 2.45) is 11.8 Å². The number of nitrogens with one attached hydrogen (secondary N) is 1. The zero-order valence-corrected chi connectivity index (χ0v) is 15.8. The van der Waals surface area contributed by atoms with Crippen LogP contribution in [0, 0.1) is 11.8 Å². The van der Waals surface area contributed by atoms with E-state index in [0.29, 0.717) is 34.7 Å². The van der Waals surface area contributed by atoms with Crippen molar-refractivity contribution >= 4 is 5.70 Å². The number of hydrogen-bond acceptors (Lipinski definition) is 7. The van der Waals surface area contributed by atoms with Gasteiger partial charge in [0.1, 0.15) is 6.10 Å². The lowest BCUT2D eigenvalue weighted by molar-refractivity contribution is -0.0525. The Hall–Kier alpha value is -2.68. The lowest BCUT2D eigenvalue weighted by Crippen LogP contribution is -2.24. The number of fused-ring (bicyclic) bond motifs is 2. The van der Waals surface area contributed by atoms with Crippen molar-refractivity contribution in [1.82, 2.24) is 15.7 Å². The summed E-state index contributed by atoms with van der Waals surface area (Å²) < 4.78 is 41.9. The quantitative estimate of drug-likeness (QED) is 0.777. The van der Waals surface area contributed by atoms with Crippen LogP contribution in [0.2, 0.25) is 0 Å². The van der Waals surface area contributed by atoms with Crippen molar-refractivity contribution in [3.63, 3.8) is 0 Å². The predicted molar refractivity (Wildman–Crippen MR) is 96.8 cm³/mol. The summed E-state index contributed by atoms with van der Waals surface area (Å²) in [6.45, 7) is -1.14. The molecule has 2 saturated carbocycles. The second kappa shape index (κ2) is 6.98. The molecule has 2 fully saturated rings. The Balaban J connectivity index is 1.43. The molecule has 0 amide bonds. The van der Waals surface area contributed by atoms with E-state index in [4.69, 9.17) is 18.7 Å². The number of benzene rings is 1. The molecular weight excluding hydrogens is 384 g/mol. The number of aromatic nitrogens is 2. The van der Waals surface area contributed by atoms with Gasteiger partial charge in [0.05, 0.1) is 5.70 Å². The van der Waals surface area contributed by atoms with Gasteiger partial charge in [-0.2, -0.15) is 8.78 Å². The molecule has 1 aliphatic heterocycles. The fourth-order valence-corrected chi connectivity index (χ4v) is 4.59. The van der Waals surface area contributed by atoms with E-state index in [-0.39, 0.29) is 11.9 Å². The first-order valence-corrected chi connectivity index (χ1v) is 9.69. The molecule has 0 saturated heterocycles. The summed E-state index contributed by atoms with van der Waals surface area (Å²) in [5, 5.41) is 7.58. The van der Waals surface area contributed by atoms with Gasteiger partial charge in [-0.05, 0) is 68.7 Å². The van der Waals surface area contributed by atoms with Crippen molar-refractivity contribution < 1.29 is 27.5 Å². The summed E-state index contributed by atoms with van der Waals surface area (Å²) in [5.74, 6) is 1.81. The van der Waals surface area contributed by atoms with Crippen molar-refractivity contribution in [2.75, 3.05) is 0 Å². The third-order valence-corrected chi connectivity index (χ3v) is 6.00. The molecule has 154 valence electrons. The summed E-state index contributed by atoms with van der Waals surface area (Å²) in [6, 6.07) is 4.87. The standard InChI is InChI=1S/C20H21F2N3O4/c1-20(18-24-23-10-26-18)9-14(25-29-20)12-4-5-15(28-19(21)22)17(8-12)27-16-7-11-2-3-13(16)6-11/h4-5,8-11,13,16,19,25H,2-3,6-7H2,1H3. The molecule has 2 aromatic rings. The Labute approximate surface area is 166 Å². The number of hydroxylamine groups is 1. The van der Waals surface area contributed by atoms with Crippen LogP contribution in [-0.4, -0.2) is 22.9 Å². The molecule has 9 heteroatoms. The van der Waals surface area contributed by atoms with Gasteiger partial charge in [-0.15, -0.1) is 10.2 Å². The van der Waals surface area contributed by atoms with Gasteiger partial charge in [-0.3, -0.25) is 10.3 Å². The van der Waals surface area contributed by atoms with Crippen LogP contribution in [0.15, 0.2) is 35.1 Å². The molecular formula is C20H21F2N3O4. The average molecular weight is 405 g/mol.